The maximum Gasteiger partial charge on any atom is 0.124 e. The van der Waals surface area contributed by atoms with Crippen LogP contribution in [0.25, 0.3) is 0 Å². The minimum absolute atomic E-state index is 0.346. The van der Waals surface area contributed by atoms with Crippen molar-refractivity contribution in [2.24, 2.45) is 0 Å². The first-order valence-electron chi connectivity index (χ1n) is 5.77. The second-order valence-corrected chi connectivity index (χ2v) is 5.05. The zero-order chi connectivity index (χ0) is 14.0. The molecular formula is C15H13Cl2FO. The molecule has 0 aliphatic carbocycles. The molecule has 1 unspecified atom stereocenters. The van der Waals surface area contributed by atoms with Crippen molar-refractivity contribution in [3.63, 3.8) is 0 Å². The second-order valence-electron chi connectivity index (χ2n) is 4.20. The Kier molecular flexibility index (Phi) is 4.33. The summed E-state index contributed by atoms with van der Waals surface area (Å²) in [5.41, 5.74) is 2.32. The van der Waals surface area contributed by atoms with Crippen molar-refractivity contribution in [3.05, 3.63) is 63.9 Å². The van der Waals surface area contributed by atoms with Crippen LogP contribution in [-0.4, -0.2) is 7.11 Å². The number of alkyl halides is 1. The van der Waals surface area contributed by atoms with Crippen molar-refractivity contribution in [1.29, 1.82) is 0 Å². The van der Waals surface area contributed by atoms with Gasteiger partial charge in [-0.05, 0) is 42.3 Å². The van der Waals surface area contributed by atoms with Crippen LogP contribution in [0.2, 0.25) is 5.02 Å². The maximum atomic E-state index is 13.4. The van der Waals surface area contributed by atoms with Gasteiger partial charge < -0.3 is 4.74 Å². The predicted molar refractivity (Wildman–Crippen MR) is 76.8 cm³/mol. The summed E-state index contributed by atoms with van der Waals surface area (Å²) in [6, 6.07) is 9.80. The van der Waals surface area contributed by atoms with E-state index in [4.69, 9.17) is 27.9 Å². The van der Waals surface area contributed by atoms with E-state index < -0.39 is 5.38 Å². The van der Waals surface area contributed by atoms with Crippen LogP contribution in [0, 0.1) is 12.7 Å². The smallest absolute Gasteiger partial charge is 0.124 e. The maximum absolute atomic E-state index is 13.4. The third-order valence-electron chi connectivity index (χ3n) is 3.05. The Morgan fingerprint density at radius 1 is 1.16 bits per heavy atom. The van der Waals surface area contributed by atoms with Crippen molar-refractivity contribution < 1.29 is 9.13 Å². The number of ether oxygens (including phenoxy) is 1. The van der Waals surface area contributed by atoms with Crippen LogP contribution in [0.5, 0.6) is 5.75 Å². The Bertz CT molecular complexity index is 599. The minimum atomic E-state index is -0.510. The first kappa shape index (κ1) is 14.2. The number of hydrogen-bond acceptors (Lipinski definition) is 1. The first-order chi connectivity index (χ1) is 9.04. The van der Waals surface area contributed by atoms with E-state index in [0.717, 1.165) is 11.1 Å². The van der Waals surface area contributed by atoms with Gasteiger partial charge in [0.05, 0.1) is 12.5 Å². The van der Waals surface area contributed by atoms with E-state index in [9.17, 15) is 4.39 Å². The number of hydrogen-bond donors (Lipinski definition) is 0. The van der Waals surface area contributed by atoms with Gasteiger partial charge in [0.25, 0.3) is 0 Å². The summed E-state index contributed by atoms with van der Waals surface area (Å²) in [5, 5.41) is 0.128. The topological polar surface area (TPSA) is 9.23 Å². The molecule has 0 fully saturated rings. The average molecular weight is 299 g/mol. The molecule has 0 saturated carbocycles. The van der Waals surface area contributed by atoms with Gasteiger partial charge >= 0.3 is 0 Å². The number of rotatable bonds is 3. The summed E-state index contributed by atoms with van der Waals surface area (Å²) in [7, 11) is 1.53. The molecular weight excluding hydrogens is 286 g/mol. The summed E-state index contributed by atoms with van der Waals surface area (Å²) in [6.45, 7) is 1.89. The Hall–Kier alpha value is -1.25. The number of benzene rings is 2. The number of halogens is 3. The van der Waals surface area contributed by atoms with Gasteiger partial charge in [-0.1, -0.05) is 23.7 Å². The van der Waals surface area contributed by atoms with Crippen LogP contribution in [0.4, 0.5) is 4.39 Å². The molecule has 1 nitrogen and oxygen atoms in total. The molecule has 0 aliphatic heterocycles. The summed E-state index contributed by atoms with van der Waals surface area (Å²) >= 11 is 12.5. The summed E-state index contributed by atoms with van der Waals surface area (Å²) in [4.78, 5) is 0. The average Bonchev–Trinajstić information content (AvgIpc) is 2.41. The van der Waals surface area contributed by atoms with Crippen molar-refractivity contribution in [2.45, 2.75) is 12.3 Å². The highest BCUT2D eigenvalue weighted by molar-refractivity contribution is 6.31. The highest BCUT2D eigenvalue weighted by Crippen LogP contribution is 2.38. The Labute approximate surface area is 121 Å². The molecule has 0 aromatic heterocycles. The molecule has 0 radical (unpaired) electrons. The molecule has 2 aromatic rings. The second kappa shape index (κ2) is 5.81. The minimum Gasteiger partial charge on any atom is -0.496 e. The molecule has 0 heterocycles. The van der Waals surface area contributed by atoms with Gasteiger partial charge in [-0.15, -0.1) is 11.6 Å². The van der Waals surface area contributed by atoms with Gasteiger partial charge in [0.1, 0.15) is 11.6 Å². The fourth-order valence-electron chi connectivity index (χ4n) is 1.97. The van der Waals surface area contributed by atoms with Gasteiger partial charge in [-0.25, -0.2) is 4.39 Å². The molecule has 19 heavy (non-hydrogen) atoms. The van der Waals surface area contributed by atoms with Crippen LogP contribution < -0.4 is 4.74 Å². The highest BCUT2D eigenvalue weighted by atomic mass is 35.5. The van der Waals surface area contributed by atoms with Crippen LogP contribution >= 0.6 is 23.2 Å². The van der Waals surface area contributed by atoms with E-state index in [2.05, 4.69) is 0 Å². The van der Waals surface area contributed by atoms with Gasteiger partial charge in [-0.3, -0.25) is 0 Å². The van der Waals surface area contributed by atoms with E-state index in [-0.39, 0.29) is 5.82 Å². The lowest BCUT2D eigenvalue weighted by Gasteiger charge is -2.17. The third-order valence-corrected chi connectivity index (χ3v) is 3.93. The summed E-state index contributed by atoms with van der Waals surface area (Å²) in [6.07, 6.45) is 0. The van der Waals surface area contributed by atoms with Gasteiger partial charge in [-0.2, -0.15) is 0 Å². The van der Waals surface area contributed by atoms with Crippen LogP contribution in [-0.2, 0) is 0 Å². The molecule has 0 bridgehead atoms. The summed E-state index contributed by atoms with van der Waals surface area (Å²) < 4.78 is 18.6. The van der Waals surface area contributed by atoms with Crippen LogP contribution in [0.15, 0.2) is 36.4 Å². The lowest BCUT2D eigenvalue weighted by atomic mass is 9.99. The zero-order valence-electron chi connectivity index (χ0n) is 10.6. The van der Waals surface area contributed by atoms with E-state index in [0.29, 0.717) is 16.3 Å². The fourth-order valence-corrected chi connectivity index (χ4v) is 2.56. The quantitative estimate of drug-likeness (QED) is 0.714. The van der Waals surface area contributed by atoms with Crippen LogP contribution in [0.3, 0.4) is 0 Å². The molecule has 100 valence electrons. The standard InChI is InChI=1S/C15H13Cl2FO/c1-9-11(4-3-5-13(9)16)15(17)12-8-10(18)6-7-14(12)19-2/h3-8,15H,1-2H3. The molecule has 1 atom stereocenters. The molecule has 4 heteroatoms. The zero-order valence-corrected chi connectivity index (χ0v) is 12.1. The van der Waals surface area contributed by atoms with Gasteiger partial charge in [0, 0.05) is 10.6 Å². The molecule has 0 saturated heterocycles. The van der Waals surface area contributed by atoms with Crippen LogP contribution in [0.1, 0.15) is 22.1 Å². The van der Waals surface area contributed by atoms with E-state index in [1.165, 1.54) is 19.2 Å². The van der Waals surface area contributed by atoms with Crippen molar-refractivity contribution >= 4 is 23.2 Å². The monoisotopic (exact) mass is 298 g/mol. The Morgan fingerprint density at radius 3 is 2.58 bits per heavy atom. The molecule has 2 aromatic carbocycles. The first-order valence-corrected chi connectivity index (χ1v) is 6.58. The van der Waals surface area contributed by atoms with E-state index >= 15 is 0 Å². The van der Waals surface area contributed by atoms with Gasteiger partial charge in [0.15, 0.2) is 0 Å². The SMILES string of the molecule is COc1ccc(F)cc1C(Cl)c1cccc(Cl)c1C. The van der Waals surface area contributed by atoms with Gasteiger partial charge in [0.2, 0.25) is 0 Å². The highest BCUT2D eigenvalue weighted by Gasteiger charge is 2.19. The fraction of sp³-hybridized carbons (Fsp3) is 0.200. The molecule has 0 N–H and O–H groups in total. The predicted octanol–water partition coefficient (Wildman–Crippen LogP) is 5.12. The number of methoxy groups -OCH3 is 1. The Balaban J connectivity index is 2.52. The largest absolute Gasteiger partial charge is 0.496 e. The molecule has 2 rings (SSSR count). The van der Waals surface area contributed by atoms with E-state index in [1.54, 1.807) is 12.1 Å². The normalized spacial score (nSPS) is 12.3. The lowest BCUT2D eigenvalue weighted by Crippen LogP contribution is -2.00. The van der Waals surface area contributed by atoms with Crippen molar-refractivity contribution in [1.82, 2.24) is 0 Å². The summed E-state index contributed by atoms with van der Waals surface area (Å²) in [5.74, 6) is 0.210. The molecule has 0 spiro atoms. The molecule has 0 amide bonds. The van der Waals surface area contributed by atoms with Crippen molar-refractivity contribution in [2.75, 3.05) is 7.11 Å². The Morgan fingerprint density at radius 2 is 1.89 bits per heavy atom. The van der Waals surface area contributed by atoms with E-state index in [1.807, 2.05) is 19.1 Å². The van der Waals surface area contributed by atoms with Crippen molar-refractivity contribution in [3.8, 4) is 5.75 Å². The third kappa shape index (κ3) is 2.85. The lowest BCUT2D eigenvalue weighted by molar-refractivity contribution is 0.409. The molecule has 0 aliphatic rings.